The van der Waals surface area contributed by atoms with Crippen LogP contribution in [0.1, 0.15) is 37.0 Å². The summed E-state index contributed by atoms with van der Waals surface area (Å²) in [4.78, 5) is 39.2. The van der Waals surface area contributed by atoms with E-state index in [9.17, 15) is 18.8 Å². The van der Waals surface area contributed by atoms with Gasteiger partial charge in [0.25, 0.3) is 5.91 Å². The van der Waals surface area contributed by atoms with Crippen molar-refractivity contribution in [2.24, 2.45) is 0 Å². The molecular formula is C19H26FN3O4. The molecule has 0 atom stereocenters. The second-order valence-corrected chi connectivity index (χ2v) is 6.37. The summed E-state index contributed by atoms with van der Waals surface area (Å²) in [7, 11) is 0. The molecule has 0 radical (unpaired) electrons. The molecule has 0 spiro atoms. The Morgan fingerprint density at radius 3 is 2.52 bits per heavy atom. The monoisotopic (exact) mass is 379 g/mol. The van der Waals surface area contributed by atoms with Gasteiger partial charge in [0, 0.05) is 39.1 Å². The topological polar surface area (TPSA) is 79.0 Å². The van der Waals surface area contributed by atoms with Crippen LogP contribution in [0, 0.1) is 5.82 Å². The minimum absolute atomic E-state index is 0.00135. The number of amides is 3. The second kappa shape index (κ2) is 9.89. The normalized spacial score (nSPS) is 14.6. The maximum absolute atomic E-state index is 13.6. The predicted molar refractivity (Wildman–Crippen MR) is 97.7 cm³/mol. The van der Waals surface area contributed by atoms with Crippen molar-refractivity contribution in [3.05, 3.63) is 35.6 Å². The van der Waals surface area contributed by atoms with Gasteiger partial charge in [-0.25, -0.2) is 9.18 Å². The lowest BCUT2D eigenvalue weighted by atomic mass is 10.0. The first-order valence-corrected chi connectivity index (χ1v) is 9.15. The van der Waals surface area contributed by atoms with Gasteiger partial charge >= 0.3 is 6.09 Å². The molecule has 1 aromatic carbocycles. The quantitative estimate of drug-likeness (QED) is 0.820. The van der Waals surface area contributed by atoms with Crippen molar-refractivity contribution < 1.29 is 23.5 Å². The third-order valence-corrected chi connectivity index (χ3v) is 4.59. The Balaban J connectivity index is 1.84. The standard InChI is InChI=1S/C19H26FN3O4/c1-3-27-19(26)22-11-8-15(9-12-22)23(14(2)24)13-10-21-18(25)16-6-4-5-7-17(16)20/h4-7,15H,3,8-13H2,1-2H3,(H,21,25). The number of benzene rings is 1. The molecule has 1 fully saturated rings. The van der Waals surface area contributed by atoms with Crippen molar-refractivity contribution in [3.63, 3.8) is 0 Å². The number of hydrogen-bond acceptors (Lipinski definition) is 4. The summed E-state index contributed by atoms with van der Waals surface area (Å²) < 4.78 is 18.6. The number of carbonyl (C=O) groups is 3. The largest absolute Gasteiger partial charge is 0.450 e. The van der Waals surface area contributed by atoms with Crippen LogP contribution in [0.5, 0.6) is 0 Å². The van der Waals surface area contributed by atoms with E-state index in [4.69, 9.17) is 4.74 Å². The van der Waals surface area contributed by atoms with E-state index in [-0.39, 0.29) is 30.2 Å². The Labute approximate surface area is 158 Å². The van der Waals surface area contributed by atoms with Crippen molar-refractivity contribution in [1.29, 1.82) is 0 Å². The number of piperidine rings is 1. The Hall–Kier alpha value is -2.64. The average molecular weight is 379 g/mol. The molecule has 1 saturated heterocycles. The van der Waals surface area contributed by atoms with E-state index in [2.05, 4.69) is 5.32 Å². The zero-order chi connectivity index (χ0) is 19.8. The first kappa shape index (κ1) is 20.7. The highest BCUT2D eigenvalue weighted by Crippen LogP contribution is 2.17. The molecule has 0 aliphatic carbocycles. The lowest BCUT2D eigenvalue weighted by Gasteiger charge is -2.37. The summed E-state index contributed by atoms with van der Waals surface area (Å²) in [6, 6.07) is 5.76. The first-order valence-electron chi connectivity index (χ1n) is 9.15. The van der Waals surface area contributed by atoms with E-state index in [1.165, 1.54) is 25.1 Å². The van der Waals surface area contributed by atoms with E-state index >= 15 is 0 Å². The number of likely N-dealkylation sites (tertiary alicyclic amines) is 1. The molecular weight excluding hydrogens is 353 g/mol. The highest BCUT2D eigenvalue weighted by atomic mass is 19.1. The van der Waals surface area contributed by atoms with Gasteiger partial charge in [-0.3, -0.25) is 9.59 Å². The van der Waals surface area contributed by atoms with Crippen LogP contribution in [-0.4, -0.2) is 66.5 Å². The van der Waals surface area contributed by atoms with Crippen LogP contribution < -0.4 is 5.32 Å². The van der Waals surface area contributed by atoms with Gasteiger partial charge in [-0.15, -0.1) is 0 Å². The fourth-order valence-electron chi connectivity index (χ4n) is 3.20. The van der Waals surface area contributed by atoms with Crippen LogP contribution in [0.3, 0.4) is 0 Å². The molecule has 8 heteroatoms. The van der Waals surface area contributed by atoms with Gasteiger partial charge in [0.2, 0.25) is 5.91 Å². The van der Waals surface area contributed by atoms with Crippen LogP contribution in [0.15, 0.2) is 24.3 Å². The predicted octanol–water partition coefficient (Wildman–Crippen LogP) is 2.02. The van der Waals surface area contributed by atoms with Gasteiger partial charge in [-0.05, 0) is 31.9 Å². The van der Waals surface area contributed by atoms with Crippen molar-refractivity contribution >= 4 is 17.9 Å². The zero-order valence-electron chi connectivity index (χ0n) is 15.7. The number of hydrogen-bond donors (Lipinski definition) is 1. The molecule has 0 aromatic heterocycles. The molecule has 0 bridgehead atoms. The van der Waals surface area contributed by atoms with Crippen LogP contribution in [0.2, 0.25) is 0 Å². The molecule has 1 N–H and O–H groups in total. The Bertz CT molecular complexity index is 675. The fraction of sp³-hybridized carbons (Fsp3) is 0.526. The van der Waals surface area contributed by atoms with Crippen LogP contribution in [0.25, 0.3) is 0 Å². The van der Waals surface area contributed by atoms with Gasteiger partial charge in [0.05, 0.1) is 12.2 Å². The summed E-state index contributed by atoms with van der Waals surface area (Å²) >= 11 is 0. The van der Waals surface area contributed by atoms with E-state index in [0.29, 0.717) is 39.1 Å². The number of nitrogens with one attached hydrogen (secondary N) is 1. The summed E-state index contributed by atoms with van der Waals surface area (Å²) in [5.41, 5.74) is -0.0189. The average Bonchev–Trinajstić information content (AvgIpc) is 2.65. The van der Waals surface area contributed by atoms with Gasteiger partial charge in [-0.1, -0.05) is 12.1 Å². The summed E-state index contributed by atoms with van der Waals surface area (Å²) in [5.74, 6) is -1.18. The van der Waals surface area contributed by atoms with Gasteiger partial charge < -0.3 is 19.9 Å². The highest BCUT2D eigenvalue weighted by molar-refractivity contribution is 5.94. The fourth-order valence-corrected chi connectivity index (χ4v) is 3.20. The van der Waals surface area contributed by atoms with Crippen molar-refractivity contribution in [2.45, 2.75) is 32.7 Å². The Kier molecular flexibility index (Phi) is 7.57. The van der Waals surface area contributed by atoms with Crippen molar-refractivity contribution in [2.75, 3.05) is 32.8 Å². The van der Waals surface area contributed by atoms with Crippen LogP contribution >= 0.6 is 0 Å². The molecule has 3 amide bonds. The summed E-state index contributed by atoms with van der Waals surface area (Å²) in [6.45, 7) is 5.18. The maximum atomic E-state index is 13.6. The van der Waals surface area contributed by atoms with E-state index in [1.807, 2.05) is 0 Å². The number of rotatable bonds is 6. The van der Waals surface area contributed by atoms with Crippen LogP contribution in [-0.2, 0) is 9.53 Å². The number of carbonyl (C=O) groups excluding carboxylic acids is 3. The van der Waals surface area contributed by atoms with E-state index in [1.54, 1.807) is 22.8 Å². The number of ether oxygens (including phenoxy) is 1. The third-order valence-electron chi connectivity index (χ3n) is 4.59. The van der Waals surface area contributed by atoms with E-state index in [0.717, 1.165) is 0 Å². The second-order valence-electron chi connectivity index (χ2n) is 6.37. The zero-order valence-corrected chi connectivity index (χ0v) is 15.7. The minimum Gasteiger partial charge on any atom is -0.450 e. The molecule has 0 saturated carbocycles. The highest BCUT2D eigenvalue weighted by Gasteiger charge is 2.28. The Morgan fingerprint density at radius 1 is 1.26 bits per heavy atom. The Morgan fingerprint density at radius 2 is 1.93 bits per heavy atom. The molecule has 148 valence electrons. The van der Waals surface area contributed by atoms with Crippen molar-refractivity contribution in [1.82, 2.24) is 15.1 Å². The molecule has 1 aliphatic rings. The lowest BCUT2D eigenvalue weighted by molar-refractivity contribution is -0.131. The minimum atomic E-state index is -0.579. The maximum Gasteiger partial charge on any atom is 0.409 e. The first-order chi connectivity index (χ1) is 12.9. The van der Waals surface area contributed by atoms with Crippen LogP contribution in [0.4, 0.5) is 9.18 Å². The lowest BCUT2D eigenvalue weighted by Crippen LogP contribution is -2.50. The molecule has 0 unspecified atom stereocenters. The molecule has 2 rings (SSSR count). The molecule has 7 nitrogen and oxygen atoms in total. The molecule has 27 heavy (non-hydrogen) atoms. The van der Waals surface area contributed by atoms with Crippen molar-refractivity contribution in [3.8, 4) is 0 Å². The number of halogens is 1. The van der Waals surface area contributed by atoms with Gasteiger partial charge in [-0.2, -0.15) is 0 Å². The number of nitrogens with zero attached hydrogens (tertiary/aromatic N) is 2. The molecule has 1 aromatic rings. The summed E-state index contributed by atoms with van der Waals surface area (Å²) in [6.07, 6.45) is 0.974. The smallest absolute Gasteiger partial charge is 0.409 e. The van der Waals surface area contributed by atoms with E-state index < -0.39 is 11.7 Å². The SMILES string of the molecule is CCOC(=O)N1CCC(N(CCNC(=O)c2ccccc2F)C(C)=O)CC1. The molecule has 1 heterocycles. The van der Waals surface area contributed by atoms with Gasteiger partial charge in [0.1, 0.15) is 5.82 Å². The third kappa shape index (κ3) is 5.67. The molecule has 1 aliphatic heterocycles. The van der Waals surface area contributed by atoms with Gasteiger partial charge in [0.15, 0.2) is 0 Å². The summed E-state index contributed by atoms with van der Waals surface area (Å²) in [5, 5.41) is 2.65.